The Morgan fingerprint density at radius 1 is 1.28 bits per heavy atom. The van der Waals surface area contributed by atoms with Crippen LogP contribution < -0.4 is 20.9 Å². The third-order valence-corrected chi connectivity index (χ3v) is 3.07. The van der Waals surface area contributed by atoms with E-state index in [9.17, 15) is 4.79 Å². The number of amides is 1. The molecule has 0 spiro atoms. The van der Waals surface area contributed by atoms with E-state index in [1.165, 1.54) is 0 Å². The summed E-state index contributed by atoms with van der Waals surface area (Å²) in [6.45, 7) is 3.87. The molecule has 5 heteroatoms. The van der Waals surface area contributed by atoms with E-state index in [1.54, 1.807) is 20.3 Å². The molecule has 5 nitrogen and oxygen atoms in total. The fraction of sp³-hybridized carbons (Fsp3) is 0.462. The Labute approximate surface area is 107 Å². The lowest BCUT2D eigenvalue weighted by molar-refractivity contribution is -0.118. The molecule has 0 aliphatic carbocycles. The molecule has 0 heterocycles. The third-order valence-electron chi connectivity index (χ3n) is 3.07. The van der Waals surface area contributed by atoms with Gasteiger partial charge in [0.15, 0.2) is 0 Å². The maximum atomic E-state index is 11.0. The summed E-state index contributed by atoms with van der Waals surface area (Å²) in [5, 5.41) is 0. The van der Waals surface area contributed by atoms with Gasteiger partial charge in [0.05, 0.1) is 14.2 Å². The smallest absolute Gasteiger partial charge is 0.219 e. The summed E-state index contributed by atoms with van der Waals surface area (Å²) in [5.74, 6) is 0.965. The molecule has 1 unspecified atom stereocenters. The van der Waals surface area contributed by atoms with E-state index in [2.05, 4.69) is 0 Å². The lowest BCUT2D eigenvalue weighted by atomic mass is 9.96. The molecule has 18 heavy (non-hydrogen) atoms. The van der Waals surface area contributed by atoms with Gasteiger partial charge in [0.2, 0.25) is 5.91 Å². The van der Waals surface area contributed by atoms with Gasteiger partial charge in [-0.1, -0.05) is 0 Å². The van der Waals surface area contributed by atoms with Gasteiger partial charge in [0.25, 0.3) is 0 Å². The van der Waals surface area contributed by atoms with Gasteiger partial charge >= 0.3 is 0 Å². The van der Waals surface area contributed by atoms with E-state index in [1.807, 2.05) is 13.8 Å². The van der Waals surface area contributed by atoms with Crippen molar-refractivity contribution < 1.29 is 14.3 Å². The molecule has 0 fully saturated rings. The van der Waals surface area contributed by atoms with E-state index in [0.29, 0.717) is 5.75 Å². The van der Waals surface area contributed by atoms with Crippen molar-refractivity contribution in [1.29, 1.82) is 0 Å². The van der Waals surface area contributed by atoms with Crippen molar-refractivity contribution in [2.75, 3.05) is 14.2 Å². The number of primary amides is 1. The van der Waals surface area contributed by atoms with Crippen LogP contribution in [0.2, 0.25) is 0 Å². The molecule has 0 saturated carbocycles. The van der Waals surface area contributed by atoms with Gasteiger partial charge in [0, 0.05) is 18.0 Å². The number of nitrogens with two attached hydrogens (primary N) is 2. The highest BCUT2D eigenvalue weighted by Gasteiger charge is 2.19. The Bertz CT molecular complexity index is 458. The lowest BCUT2D eigenvalue weighted by Gasteiger charge is -2.20. The van der Waals surface area contributed by atoms with Gasteiger partial charge in [-0.15, -0.1) is 0 Å². The highest BCUT2D eigenvalue weighted by molar-refractivity contribution is 5.75. The van der Waals surface area contributed by atoms with Crippen LogP contribution in [0.4, 0.5) is 0 Å². The molecular weight excluding hydrogens is 232 g/mol. The zero-order valence-corrected chi connectivity index (χ0v) is 11.2. The first-order valence-electron chi connectivity index (χ1n) is 5.68. The summed E-state index contributed by atoms with van der Waals surface area (Å²) in [6.07, 6.45) is 0.0714. The molecule has 0 radical (unpaired) electrons. The Morgan fingerprint density at radius 3 is 2.33 bits per heavy atom. The minimum absolute atomic E-state index is 0.0714. The normalized spacial score (nSPS) is 12.1. The predicted molar refractivity (Wildman–Crippen MR) is 69.8 cm³/mol. The maximum absolute atomic E-state index is 11.0. The Balaban J connectivity index is 3.32. The summed E-state index contributed by atoms with van der Waals surface area (Å²) in [5.41, 5.74) is 13.8. The van der Waals surface area contributed by atoms with E-state index in [4.69, 9.17) is 20.9 Å². The number of benzene rings is 1. The average Bonchev–Trinajstić information content (AvgIpc) is 2.31. The quantitative estimate of drug-likeness (QED) is 0.824. The Morgan fingerprint density at radius 2 is 1.89 bits per heavy atom. The molecule has 0 aromatic heterocycles. The van der Waals surface area contributed by atoms with Crippen LogP contribution in [0, 0.1) is 13.8 Å². The van der Waals surface area contributed by atoms with Gasteiger partial charge < -0.3 is 20.9 Å². The highest BCUT2D eigenvalue weighted by atomic mass is 16.5. The molecule has 1 aromatic carbocycles. The maximum Gasteiger partial charge on any atom is 0.219 e. The standard InChI is InChI=1S/C13H20N2O3/c1-7-8(2)13(18-4)9(5-11(7)17-3)10(14)6-12(15)16/h5,10H,6,14H2,1-4H3,(H2,15,16). The molecule has 4 N–H and O–H groups in total. The number of hydrogen-bond donors (Lipinski definition) is 2. The number of rotatable bonds is 5. The number of hydrogen-bond acceptors (Lipinski definition) is 4. The molecular formula is C13H20N2O3. The molecule has 0 bridgehead atoms. The van der Waals surface area contributed by atoms with Gasteiger partial charge in [-0.2, -0.15) is 0 Å². The first-order chi connectivity index (χ1) is 8.42. The first-order valence-corrected chi connectivity index (χ1v) is 5.68. The summed E-state index contributed by atoms with van der Waals surface area (Å²) in [7, 11) is 3.17. The molecule has 0 aliphatic heterocycles. The fourth-order valence-electron chi connectivity index (χ4n) is 1.97. The second kappa shape index (κ2) is 5.73. The van der Waals surface area contributed by atoms with Crippen molar-refractivity contribution >= 4 is 5.91 Å². The van der Waals surface area contributed by atoms with Crippen LogP contribution in [0.3, 0.4) is 0 Å². The molecule has 0 saturated heterocycles. The molecule has 1 atom stereocenters. The lowest BCUT2D eigenvalue weighted by Crippen LogP contribution is -2.21. The number of carbonyl (C=O) groups is 1. The highest BCUT2D eigenvalue weighted by Crippen LogP contribution is 2.36. The van der Waals surface area contributed by atoms with Crippen LogP contribution in [0.1, 0.15) is 29.2 Å². The molecule has 0 aliphatic rings. The Kier molecular flexibility index (Phi) is 4.55. The van der Waals surface area contributed by atoms with Crippen LogP contribution in [0.15, 0.2) is 6.07 Å². The molecule has 1 aromatic rings. The average molecular weight is 252 g/mol. The van der Waals surface area contributed by atoms with E-state index < -0.39 is 11.9 Å². The van der Waals surface area contributed by atoms with Crippen molar-refractivity contribution in [2.24, 2.45) is 11.5 Å². The number of ether oxygens (including phenoxy) is 2. The zero-order chi connectivity index (χ0) is 13.9. The van der Waals surface area contributed by atoms with Crippen LogP contribution in [-0.2, 0) is 4.79 Å². The third kappa shape index (κ3) is 2.73. The predicted octanol–water partition coefficient (Wildman–Crippen LogP) is 1.20. The van der Waals surface area contributed by atoms with Crippen LogP contribution >= 0.6 is 0 Å². The second-order valence-corrected chi connectivity index (χ2v) is 4.23. The molecule has 100 valence electrons. The summed E-state index contributed by atoms with van der Waals surface area (Å²) in [6, 6.07) is 1.31. The summed E-state index contributed by atoms with van der Waals surface area (Å²) in [4.78, 5) is 11.0. The minimum Gasteiger partial charge on any atom is -0.496 e. The SMILES string of the molecule is COc1cc(C(N)CC(N)=O)c(OC)c(C)c1C. The van der Waals surface area contributed by atoms with Crippen LogP contribution in [0.25, 0.3) is 0 Å². The van der Waals surface area contributed by atoms with Crippen molar-refractivity contribution in [3.05, 3.63) is 22.8 Å². The van der Waals surface area contributed by atoms with E-state index in [0.717, 1.165) is 22.4 Å². The van der Waals surface area contributed by atoms with Gasteiger partial charge in [-0.3, -0.25) is 4.79 Å². The van der Waals surface area contributed by atoms with Crippen LogP contribution in [-0.4, -0.2) is 20.1 Å². The number of methoxy groups -OCH3 is 2. The largest absolute Gasteiger partial charge is 0.496 e. The fourth-order valence-corrected chi connectivity index (χ4v) is 1.97. The molecule has 1 amide bonds. The zero-order valence-electron chi connectivity index (χ0n) is 11.2. The monoisotopic (exact) mass is 252 g/mol. The Hall–Kier alpha value is -1.75. The number of carbonyl (C=O) groups excluding carboxylic acids is 1. The van der Waals surface area contributed by atoms with Crippen molar-refractivity contribution in [3.8, 4) is 11.5 Å². The van der Waals surface area contributed by atoms with Gasteiger partial charge in [0.1, 0.15) is 11.5 Å². The van der Waals surface area contributed by atoms with E-state index >= 15 is 0 Å². The van der Waals surface area contributed by atoms with Crippen LogP contribution in [0.5, 0.6) is 11.5 Å². The topological polar surface area (TPSA) is 87.6 Å². The van der Waals surface area contributed by atoms with Crippen molar-refractivity contribution in [1.82, 2.24) is 0 Å². The molecule has 1 rings (SSSR count). The first kappa shape index (κ1) is 14.3. The van der Waals surface area contributed by atoms with Crippen molar-refractivity contribution in [3.63, 3.8) is 0 Å². The minimum atomic E-state index is -0.495. The van der Waals surface area contributed by atoms with Gasteiger partial charge in [-0.25, -0.2) is 0 Å². The summed E-state index contributed by atoms with van der Waals surface area (Å²) >= 11 is 0. The van der Waals surface area contributed by atoms with Gasteiger partial charge in [-0.05, 0) is 31.0 Å². The summed E-state index contributed by atoms with van der Waals surface area (Å²) < 4.78 is 10.7. The van der Waals surface area contributed by atoms with E-state index in [-0.39, 0.29) is 6.42 Å². The second-order valence-electron chi connectivity index (χ2n) is 4.23. The van der Waals surface area contributed by atoms with Crippen molar-refractivity contribution in [2.45, 2.75) is 26.3 Å².